The molecule has 0 radical (unpaired) electrons. The molecule has 0 aliphatic rings. The molecule has 0 bridgehead atoms. The van der Waals surface area contributed by atoms with Crippen LogP contribution in [0.3, 0.4) is 0 Å². The van der Waals surface area contributed by atoms with Crippen LogP contribution < -0.4 is 31.8 Å². The molecule has 0 aliphatic carbocycles. The first-order chi connectivity index (χ1) is 20.3. The van der Waals surface area contributed by atoms with Crippen LogP contribution in [0.15, 0.2) is 182 Å². The molecule has 0 nitrogen and oxygen atoms in total. The van der Waals surface area contributed by atoms with Crippen LogP contribution in [0.1, 0.15) is 0 Å². The van der Waals surface area contributed by atoms with Gasteiger partial charge in [-0.25, -0.2) is 0 Å². The van der Waals surface area contributed by atoms with Crippen molar-refractivity contribution in [1.29, 1.82) is 0 Å². The summed E-state index contributed by atoms with van der Waals surface area (Å²) in [5.41, 5.74) is 0. The van der Waals surface area contributed by atoms with E-state index >= 15 is 0 Å². The second-order valence-electron chi connectivity index (χ2n) is 8.99. The Morgan fingerprint density at radius 3 is 0.512 bits per heavy atom. The van der Waals surface area contributed by atoms with Gasteiger partial charge in [0.25, 0.3) is 0 Å². The Morgan fingerprint density at radius 1 is 0.268 bits per heavy atom. The summed E-state index contributed by atoms with van der Waals surface area (Å²) >= 11 is 4.65. The Bertz CT molecular complexity index is 1200. The predicted molar refractivity (Wildman–Crippen MR) is 201 cm³/mol. The molecular weight excluding hydrogens is 855 g/mol. The minimum atomic E-state index is -0.877. The first-order valence-corrected chi connectivity index (χ1v) is 25.5. The van der Waals surface area contributed by atoms with Crippen LogP contribution in [0, 0.1) is 0 Å². The third-order valence-corrected chi connectivity index (χ3v) is 11.8. The van der Waals surface area contributed by atoms with Gasteiger partial charge in [0.2, 0.25) is 0 Å². The molecule has 0 N–H and O–H groups in total. The van der Waals surface area contributed by atoms with Gasteiger partial charge < -0.3 is 0 Å². The predicted octanol–water partition coefficient (Wildman–Crippen LogP) is 8.12. The van der Waals surface area contributed by atoms with E-state index < -0.39 is 15.8 Å². The van der Waals surface area contributed by atoms with Crippen molar-refractivity contribution in [1.82, 2.24) is 0 Å². The summed E-state index contributed by atoms with van der Waals surface area (Å²) in [6, 6.07) is 65.0. The van der Waals surface area contributed by atoms with Crippen molar-refractivity contribution >= 4 is 86.7 Å². The van der Waals surface area contributed by atoms with Gasteiger partial charge in [0, 0.05) is 0 Å². The quantitative estimate of drug-likeness (QED) is 0.0902. The van der Waals surface area contributed by atoms with Gasteiger partial charge in [0.05, 0.1) is 15.8 Å². The number of halogens is 2. The second kappa shape index (κ2) is 18.8. The smallest absolute Gasteiger partial charge is 0.0620 e. The zero-order valence-corrected chi connectivity index (χ0v) is 30.3. The Kier molecular flexibility index (Phi) is 14.7. The molecule has 0 saturated carbocycles. The van der Waals surface area contributed by atoms with Crippen LogP contribution in [0.25, 0.3) is 0 Å². The number of benzene rings is 6. The molecule has 5 heteroatoms. The molecule has 0 aliphatic heterocycles. The topological polar surface area (TPSA) is 0 Å². The Hall–Kier alpha value is -1.70. The normalized spacial score (nSPS) is 10.3. The summed E-state index contributed by atoms with van der Waals surface area (Å²) in [4.78, 5) is 0. The zero-order valence-electron chi connectivity index (χ0n) is 22.4. The van der Waals surface area contributed by atoms with E-state index in [9.17, 15) is 0 Å². The molecule has 41 heavy (non-hydrogen) atoms. The van der Waals surface area contributed by atoms with E-state index in [1.165, 1.54) is 31.8 Å². The maximum Gasteiger partial charge on any atom is 0.102 e. The van der Waals surface area contributed by atoms with E-state index in [4.69, 9.17) is 0 Å². The van der Waals surface area contributed by atoms with Crippen molar-refractivity contribution in [3.63, 3.8) is 0 Å². The molecule has 6 aromatic carbocycles. The largest absolute Gasteiger partial charge is 0.102 e. The first-order valence-electron chi connectivity index (χ1n) is 13.2. The minimum absolute atomic E-state index is 0.877. The van der Waals surface area contributed by atoms with Crippen LogP contribution >= 0.6 is 54.9 Å². The van der Waals surface area contributed by atoms with Crippen LogP contribution in [-0.2, 0) is 10.8 Å². The Balaban J connectivity index is 0.000000173. The molecule has 6 rings (SSSR count). The average molecular weight is 887 g/mol. The molecule has 0 heterocycles. The van der Waals surface area contributed by atoms with E-state index in [-0.39, 0.29) is 0 Å². The van der Waals surface area contributed by atoms with Gasteiger partial charge >= 0.3 is 49.8 Å². The number of hydrogen-bond donors (Lipinski definition) is 0. The molecule has 0 spiro atoms. The van der Waals surface area contributed by atoms with Gasteiger partial charge in [0.1, 0.15) is 31.8 Å². The van der Waals surface area contributed by atoms with Crippen LogP contribution in [0.5, 0.6) is 0 Å². The summed E-state index contributed by atoms with van der Waals surface area (Å²) in [5, 5.41) is 8.61. The monoisotopic (exact) mass is 886 g/mol. The van der Waals surface area contributed by atoms with Crippen molar-refractivity contribution < 1.29 is 10.8 Å². The third-order valence-electron chi connectivity index (χ3n) is 6.37. The summed E-state index contributed by atoms with van der Waals surface area (Å²) < 4.78 is 0. The average Bonchev–Trinajstić information content (AvgIpc) is 3.05. The maximum absolute atomic E-state index is 2.33. The molecule has 0 fully saturated rings. The van der Waals surface area contributed by atoms with Crippen LogP contribution in [0.4, 0.5) is 0 Å². The number of hydrogen-bond acceptors (Lipinski definition) is 0. The molecule has 0 aromatic heterocycles. The fourth-order valence-electron chi connectivity index (χ4n) is 4.63. The fraction of sp³-hybridized carbons (Fsp3) is 0. The minimum Gasteiger partial charge on any atom is -0.0620 e. The van der Waals surface area contributed by atoms with Crippen molar-refractivity contribution in [2.45, 2.75) is 0 Å². The molecule has 0 saturated heterocycles. The van der Waals surface area contributed by atoms with Gasteiger partial charge in [-0.1, -0.05) is 109 Å². The molecule has 6 aromatic rings. The van der Waals surface area contributed by atoms with E-state index in [0.29, 0.717) is 0 Å². The molecular formula is C36H32I2P2Pd+2. The van der Waals surface area contributed by atoms with E-state index in [0.717, 1.165) is 10.8 Å². The molecule has 0 amide bonds. The SMILES string of the molecule is [I][Pd][I].c1ccc([PH+](c2ccccc2)c2ccccc2)cc1.c1ccc([PH+](c2ccccc2)c2ccccc2)cc1. The number of rotatable bonds is 6. The van der Waals surface area contributed by atoms with Crippen molar-refractivity contribution in [3.8, 4) is 0 Å². The van der Waals surface area contributed by atoms with Crippen molar-refractivity contribution in [2.24, 2.45) is 0 Å². The van der Waals surface area contributed by atoms with E-state index in [2.05, 4.69) is 221 Å². The van der Waals surface area contributed by atoms with Crippen LogP contribution in [-0.4, -0.2) is 0 Å². The molecule has 0 atom stereocenters. The molecule has 208 valence electrons. The van der Waals surface area contributed by atoms with E-state index in [1.54, 1.807) is 0 Å². The van der Waals surface area contributed by atoms with E-state index in [1.807, 2.05) is 0 Å². The van der Waals surface area contributed by atoms with Gasteiger partial charge in [-0.3, -0.25) is 0 Å². The summed E-state index contributed by atoms with van der Waals surface area (Å²) in [5.74, 6) is 0. The fourth-order valence-corrected chi connectivity index (χ4v) is 9.78. The van der Waals surface area contributed by atoms with Gasteiger partial charge in [-0.05, 0) is 72.8 Å². The zero-order chi connectivity index (χ0) is 28.5. The van der Waals surface area contributed by atoms with Crippen molar-refractivity contribution in [2.75, 3.05) is 0 Å². The van der Waals surface area contributed by atoms with Gasteiger partial charge in [-0.2, -0.15) is 0 Å². The van der Waals surface area contributed by atoms with Crippen LogP contribution in [0.2, 0.25) is 0 Å². The Morgan fingerprint density at radius 2 is 0.390 bits per heavy atom. The summed E-state index contributed by atoms with van der Waals surface area (Å²) in [7, 11) is -0.865. The summed E-state index contributed by atoms with van der Waals surface area (Å²) in [6.45, 7) is 0. The van der Waals surface area contributed by atoms with Crippen molar-refractivity contribution in [3.05, 3.63) is 182 Å². The summed E-state index contributed by atoms with van der Waals surface area (Å²) in [6.07, 6.45) is 0. The standard InChI is InChI=1S/2C18H15P.2HI.Pd/c2*1-4-10-16(11-5-1)19(17-12-6-2-7-13-17)18-14-8-3-9-15-18;;;/h2*1-15H;2*1H;/q;;;;+2. The van der Waals surface area contributed by atoms with Gasteiger partial charge in [-0.15, -0.1) is 0 Å². The second-order valence-corrected chi connectivity index (χ2v) is 25.9. The van der Waals surface area contributed by atoms with Gasteiger partial charge in [0.15, 0.2) is 0 Å². The Labute approximate surface area is 276 Å². The third kappa shape index (κ3) is 10.2. The first kappa shape index (κ1) is 32.2. The maximum atomic E-state index is 2.33. The molecule has 0 unspecified atom stereocenters.